The first-order chi connectivity index (χ1) is 9.69. The number of anilines is 2. The zero-order chi connectivity index (χ0) is 14.4. The van der Waals surface area contributed by atoms with Crippen LogP contribution in [0.2, 0.25) is 5.02 Å². The van der Waals surface area contributed by atoms with Crippen molar-refractivity contribution in [3.8, 4) is 0 Å². The maximum Gasteiger partial charge on any atom is 0.254 e. The van der Waals surface area contributed by atoms with Gasteiger partial charge in [-0.3, -0.25) is 4.79 Å². The van der Waals surface area contributed by atoms with E-state index in [0.717, 1.165) is 5.69 Å². The molecule has 2 aromatic rings. The minimum Gasteiger partial charge on any atom is -0.348 e. The molecule has 2 N–H and O–H groups in total. The van der Waals surface area contributed by atoms with Gasteiger partial charge in [-0.2, -0.15) is 0 Å². The van der Waals surface area contributed by atoms with E-state index < -0.39 is 0 Å². The van der Waals surface area contributed by atoms with Crippen molar-refractivity contribution < 1.29 is 4.79 Å². The molecule has 0 aliphatic rings. The van der Waals surface area contributed by atoms with Crippen LogP contribution in [0.1, 0.15) is 10.4 Å². The molecule has 0 aliphatic heterocycles. The molecule has 0 aliphatic carbocycles. The molecule has 6 heteroatoms. The summed E-state index contributed by atoms with van der Waals surface area (Å²) in [6.07, 6.45) is 4.52. The number of aromatic nitrogens is 2. The molecule has 102 valence electrons. The number of amides is 1. The minimum atomic E-state index is -0.237. The Morgan fingerprint density at radius 1 is 1.35 bits per heavy atom. The molecule has 0 bridgehead atoms. The number of halogens is 1. The molecule has 1 amide bonds. The molecule has 0 unspecified atom stereocenters. The molecular formula is C14H13ClN4O. The number of carbonyl (C=O) groups is 1. The van der Waals surface area contributed by atoms with E-state index in [4.69, 9.17) is 11.6 Å². The average Bonchev–Trinajstić information content (AvgIpc) is 2.45. The normalized spacial score (nSPS) is 9.85. The summed E-state index contributed by atoms with van der Waals surface area (Å²) in [5, 5.41) is 6.27. The van der Waals surface area contributed by atoms with Crippen molar-refractivity contribution in [2.75, 3.05) is 11.9 Å². The van der Waals surface area contributed by atoms with Crippen molar-refractivity contribution in [3.05, 3.63) is 59.9 Å². The zero-order valence-corrected chi connectivity index (χ0v) is 11.4. The SMILES string of the molecule is C=CCNC(=O)c1cnc(Nc2cccc(Cl)c2)nc1. The summed E-state index contributed by atoms with van der Waals surface area (Å²) in [5.41, 5.74) is 1.17. The van der Waals surface area contributed by atoms with Gasteiger partial charge in [-0.25, -0.2) is 9.97 Å². The molecule has 1 aromatic heterocycles. The lowest BCUT2D eigenvalue weighted by atomic mass is 10.3. The molecule has 0 saturated heterocycles. The summed E-state index contributed by atoms with van der Waals surface area (Å²) < 4.78 is 0. The molecule has 2 rings (SSSR count). The van der Waals surface area contributed by atoms with Crippen LogP contribution in [-0.4, -0.2) is 22.4 Å². The van der Waals surface area contributed by atoms with Gasteiger partial charge >= 0.3 is 0 Å². The van der Waals surface area contributed by atoms with Crippen LogP contribution >= 0.6 is 11.6 Å². The number of nitrogens with one attached hydrogen (secondary N) is 2. The summed E-state index contributed by atoms with van der Waals surface area (Å²) in [4.78, 5) is 19.8. The van der Waals surface area contributed by atoms with Crippen LogP contribution in [-0.2, 0) is 0 Å². The van der Waals surface area contributed by atoms with Crippen molar-refractivity contribution in [1.82, 2.24) is 15.3 Å². The number of benzene rings is 1. The van der Waals surface area contributed by atoms with Crippen LogP contribution in [0.3, 0.4) is 0 Å². The van der Waals surface area contributed by atoms with E-state index in [2.05, 4.69) is 27.2 Å². The number of hydrogen-bond acceptors (Lipinski definition) is 4. The Morgan fingerprint density at radius 3 is 2.75 bits per heavy atom. The Hall–Kier alpha value is -2.40. The van der Waals surface area contributed by atoms with E-state index in [1.807, 2.05) is 12.1 Å². The molecule has 0 spiro atoms. The molecule has 0 radical (unpaired) electrons. The molecule has 1 aromatic carbocycles. The van der Waals surface area contributed by atoms with Crippen LogP contribution in [0.5, 0.6) is 0 Å². The fourth-order valence-electron chi connectivity index (χ4n) is 1.47. The Morgan fingerprint density at radius 2 is 2.10 bits per heavy atom. The van der Waals surface area contributed by atoms with E-state index in [0.29, 0.717) is 23.1 Å². The summed E-state index contributed by atoms with van der Waals surface area (Å²) in [6, 6.07) is 7.21. The molecular weight excluding hydrogens is 276 g/mol. The highest BCUT2D eigenvalue weighted by Crippen LogP contribution is 2.17. The van der Waals surface area contributed by atoms with Crippen LogP contribution in [0, 0.1) is 0 Å². The van der Waals surface area contributed by atoms with Gasteiger partial charge in [0.1, 0.15) is 0 Å². The van der Waals surface area contributed by atoms with Gasteiger partial charge in [-0.05, 0) is 18.2 Å². The summed E-state index contributed by atoms with van der Waals surface area (Å²) in [5.74, 6) is 0.159. The molecule has 5 nitrogen and oxygen atoms in total. The van der Waals surface area contributed by atoms with Crippen molar-refractivity contribution >= 4 is 29.1 Å². The van der Waals surface area contributed by atoms with Crippen molar-refractivity contribution in [1.29, 1.82) is 0 Å². The standard InChI is InChI=1S/C14H13ClN4O/c1-2-6-16-13(20)10-8-17-14(18-9-10)19-12-5-3-4-11(15)7-12/h2-5,7-9H,1,6H2,(H,16,20)(H,17,18,19). The average molecular weight is 289 g/mol. The van der Waals surface area contributed by atoms with Crippen molar-refractivity contribution in [3.63, 3.8) is 0 Å². The maximum absolute atomic E-state index is 11.6. The summed E-state index contributed by atoms with van der Waals surface area (Å²) in [7, 11) is 0. The van der Waals surface area contributed by atoms with Crippen LogP contribution in [0.15, 0.2) is 49.3 Å². The van der Waals surface area contributed by atoms with Crippen molar-refractivity contribution in [2.45, 2.75) is 0 Å². The minimum absolute atomic E-state index is 0.237. The summed E-state index contributed by atoms with van der Waals surface area (Å²) >= 11 is 5.88. The van der Waals surface area contributed by atoms with Gasteiger partial charge in [0.2, 0.25) is 5.95 Å². The largest absolute Gasteiger partial charge is 0.348 e. The van der Waals surface area contributed by atoms with Gasteiger partial charge in [0.05, 0.1) is 5.56 Å². The first-order valence-corrected chi connectivity index (χ1v) is 6.30. The lowest BCUT2D eigenvalue weighted by Gasteiger charge is -2.06. The van der Waals surface area contributed by atoms with Gasteiger partial charge < -0.3 is 10.6 Å². The quantitative estimate of drug-likeness (QED) is 0.830. The fourth-order valence-corrected chi connectivity index (χ4v) is 1.66. The second-order valence-corrected chi connectivity index (χ2v) is 4.37. The third-order valence-corrected chi connectivity index (χ3v) is 2.64. The van der Waals surface area contributed by atoms with Gasteiger partial charge in [0.15, 0.2) is 0 Å². The highest BCUT2D eigenvalue weighted by atomic mass is 35.5. The predicted octanol–water partition coefficient (Wildman–Crippen LogP) is 2.79. The van der Waals surface area contributed by atoms with E-state index in [1.54, 1.807) is 18.2 Å². The highest BCUT2D eigenvalue weighted by molar-refractivity contribution is 6.30. The first kappa shape index (κ1) is 14.0. The third-order valence-electron chi connectivity index (χ3n) is 2.40. The summed E-state index contributed by atoms with van der Waals surface area (Å²) in [6.45, 7) is 3.93. The van der Waals surface area contributed by atoms with E-state index in [9.17, 15) is 4.79 Å². The fraction of sp³-hybridized carbons (Fsp3) is 0.0714. The zero-order valence-electron chi connectivity index (χ0n) is 10.6. The topological polar surface area (TPSA) is 66.9 Å². The number of rotatable bonds is 5. The van der Waals surface area contributed by atoms with Crippen LogP contribution < -0.4 is 10.6 Å². The highest BCUT2D eigenvalue weighted by Gasteiger charge is 2.06. The molecule has 0 fully saturated rings. The monoisotopic (exact) mass is 288 g/mol. The van der Waals surface area contributed by atoms with Gasteiger partial charge in [-0.15, -0.1) is 6.58 Å². The Bertz CT molecular complexity index is 613. The van der Waals surface area contributed by atoms with Gasteiger partial charge in [0.25, 0.3) is 5.91 Å². The lowest BCUT2D eigenvalue weighted by molar-refractivity contribution is 0.0957. The smallest absolute Gasteiger partial charge is 0.254 e. The number of hydrogen-bond donors (Lipinski definition) is 2. The molecule has 20 heavy (non-hydrogen) atoms. The van der Waals surface area contributed by atoms with Gasteiger partial charge in [-0.1, -0.05) is 23.7 Å². The Kier molecular flexibility index (Phi) is 4.68. The van der Waals surface area contributed by atoms with E-state index in [1.165, 1.54) is 12.4 Å². The molecule has 0 atom stereocenters. The van der Waals surface area contributed by atoms with E-state index in [-0.39, 0.29) is 5.91 Å². The van der Waals surface area contributed by atoms with E-state index >= 15 is 0 Å². The number of nitrogens with zero attached hydrogens (tertiary/aromatic N) is 2. The van der Waals surface area contributed by atoms with Crippen LogP contribution in [0.4, 0.5) is 11.6 Å². The third kappa shape index (κ3) is 3.80. The maximum atomic E-state index is 11.6. The second-order valence-electron chi connectivity index (χ2n) is 3.93. The lowest BCUT2D eigenvalue weighted by Crippen LogP contribution is -2.23. The number of carbonyl (C=O) groups excluding carboxylic acids is 1. The van der Waals surface area contributed by atoms with Crippen LogP contribution in [0.25, 0.3) is 0 Å². The van der Waals surface area contributed by atoms with Gasteiger partial charge in [0, 0.05) is 29.6 Å². The molecule has 0 saturated carbocycles. The second kappa shape index (κ2) is 6.68. The first-order valence-electron chi connectivity index (χ1n) is 5.93. The Balaban J connectivity index is 2.04. The molecule has 1 heterocycles. The Labute approximate surface area is 121 Å². The predicted molar refractivity (Wildman–Crippen MR) is 79.3 cm³/mol. The van der Waals surface area contributed by atoms with Crippen molar-refractivity contribution in [2.24, 2.45) is 0 Å².